The normalized spacial score (nSPS) is 21.9. The Morgan fingerprint density at radius 1 is 1.03 bits per heavy atom. The molecule has 0 N–H and O–H groups in total. The second kappa shape index (κ2) is 8.38. The maximum absolute atomic E-state index is 11.7. The number of carbonyl (C=O) groups excluding carboxylic acids is 1. The van der Waals surface area contributed by atoms with Crippen molar-refractivity contribution in [1.82, 2.24) is 0 Å². The van der Waals surface area contributed by atoms with Crippen molar-refractivity contribution in [3.63, 3.8) is 0 Å². The highest BCUT2D eigenvalue weighted by Crippen LogP contribution is 2.51. The SMILES string of the molecule is COc1cc([C@@H]2c3cc4c(cc3C3=NOC[C@H]3[C@@H]2COC(C)=O)OCO4)cc(OC)c1OC. The van der Waals surface area contributed by atoms with Crippen LogP contribution in [0.2, 0.25) is 0 Å². The van der Waals surface area contributed by atoms with E-state index in [-0.39, 0.29) is 37.1 Å². The molecule has 0 radical (unpaired) electrons. The first kappa shape index (κ1) is 21.2. The molecule has 9 heteroatoms. The van der Waals surface area contributed by atoms with Gasteiger partial charge in [0, 0.05) is 30.2 Å². The molecule has 0 spiro atoms. The van der Waals surface area contributed by atoms with Crippen LogP contribution in [0, 0.1) is 11.8 Å². The summed E-state index contributed by atoms with van der Waals surface area (Å²) in [5.41, 5.74) is 3.66. The molecule has 33 heavy (non-hydrogen) atoms. The highest BCUT2D eigenvalue weighted by atomic mass is 16.7. The molecular formula is C24H25NO8. The molecule has 0 saturated carbocycles. The maximum Gasteiger partial charge on any atom is 0.302 e. The molecule has 5 rings (SSSR count). The van der Waals surface area contributed by atoms with E-state index in [2.05, 4.69) is 5.16 Å². The topological polar surface area (TPSA) is 94.0 Å². The van der Waals surface area contributed by atoms with E-state index in [9.17, 15) is 4.79 Å². The largest absolute Gasteiger partial charge is 0.493 e. The third kappa shape index (κ3) is 3.48. The fourth-order valence-electron chi connectivity index (χ4n) is 4.94. The van der Waals surface area contributed by atoms with Crippen molar-refractivity contribution in [2.75, 3.05) is 41.3 Å². The Kier molecular flexibility index (Phi) is 5.39. The Balaban J connectivity index is 1.72. The molecule has 2 heterocycles. The summed E-state index contributed by atoms with van der Waals surface area (Å²) in [7, 11) is 4.73. The first-order valence-electron chi connectivity index (χ1n) is 10.6. The van der Waals surface area contributed by atoms with Crippen LogP contribution < -0.4 is 23.7 Å². The summed E-state index contributed by atoms with van der Waals surface area (Å²) in [5.74, 6) is 2.20. The monoisotopic (exact) mass is 455 g/mol. The number of benzene rings is 2. The molecule has 0 unspecified atom stereocenters. The summed E-state index contributed by atoms with van der Waals surface area (Å²) in [6, 6.07) is 7.78. The summed E-state index contributed by atoms with van der Waals surface area (Å²) in [6.45, 7) is 2.17. The van der Waals surface area contributed by atoms with Crippen molar-refractivity contribution >= 4 is 11.7 Å². The Labute approximate surface area is 191 Å². The lowest BCUT2D eigenvalue weighted by molar-refractivity contribution is -0.143. The molecule has 0 saturated heterocycles. The van der Waals surface area contributed by atoms with Crippen LogP contribution in [0.3, 0.4) is 0 Å². The van der Waals surface area contributed by atoms with Crippen molar-refractivity contribution in [2.45, 2.75) is 12.8 Å². The number of nitrogens with zero attached hydrogens (tertiary/aromatic N) is 1. The molecule has 3 aliphatic rings. The standard InChI is InChI=1S/C24H25NO8/c1-12(26)30-9-16-17-10-33-25-23(17)15-8-19-18(31-11-32-19)7-14(15)22(16)13-5-20(27-2)24(29-4)21(6-13)28-3/h5-8,16-17,22H,9-11H2,1-4H3/t16-,17-,22+/m0/s1. The molecular weight excluding hydrogens is 430 g/mol. The van der Waals surface area contributed by atoms with Gasteiger partial charge in [-0.25, -0.2) is 0 Å². The minimum absolute atomic E-state index is 0.0682. The van der Waals surface area contributed by atoms with Gasteiger partial charge >= 0.3 is 5.97 Å². The summed E-state index contributed by atoms with van der Waals surface area (Å²) in [5, 5.41) is 4.34. The van der Waals surface area contributed by atoms with E-state index in [1.807, 2.05) is 24.3 Å². The van der Waals surface area contributed by atoms with Crippen molar-refractivity contribution in [3.8, 4) is 28.7 Å². The zero-order valence-electron chi connectivity index (χ0n) is 18.9. The summed E-state index contributed by atoms with van der Waals surface area (Å²) < 4.78 is 33.5. The number of carbonyl (C=O) groups is 1. The molecule has 2 aromatic rings. The van der Waals surface area contributed by atoms with Crippen LogP contribution in [0.1, 0.15) is 29.5 Å². The van der Waals surface area contributed by atoms with Crippen molar-refractivity contribution < 1.29 is 38.1 Å². The smallest absolute Gasteiger partial charge is 0.302 e. The number of hydrogen-bond donors (Lipinski definition) is 0. The van der Waals surface area contributed by atoms with Gasteiger partial charge in [-0.05, 0) is 35.4 Å². The number of methoxy groups -OCH3 is 3. The highest BCUT2D eigenvalue weighted by Gasteiger charge is 2.46. The highest BCUT2D eigenvalue weighted by molar-refractivity contribution is 6.06. The molecule has 174 valence electrons. The minimum atomic E-state index is -0.340. The Morgan fingerprint density at radius 2 is 1.73 bits per heavy atom. The van der Waals surface area contributed by atoms with E-state index >= 15 is 0 Å². The van der Waals surface area contributed by atoms with Gasteiger partial charge in [0.15, 0.2) is 23.0 Å². The van der Waals surface area contributed by atoms with E-state index < -0.39 is 0 Å². The molecule has 9 nitrogen and oxygen atoms in total. The number of ether oxygens (including phenoxy) is 6. The van der Waals surface area contributed by atoms with E-state index in [1.54, 1.807) is 21.3 Å². The predicted octanol–water partition coefficient (Wildman–Crippen LogP) is 3.12. The molecule has 2 aromatic carbocycles. The Morgan fingerprint density at radius 3 is 2.36 bits per heavy atom. The number of esters is 1. The lowest BCUT2D eigenvalue weighted by Gasteiger charge is -2.37. The second-order valence-electron chi connectivity index (χ2n) is 8.07. The van der Waals surface area contributed by atoms with Gasteiger partial charge in [-0.2, -0.15) is 0 Å². The van der Waals surface area contributed by atoms with Gasteiger partial charge in [0.2, 0.25) is 12.5 Å². The maximum atomic E-state index is 11.7. The van der Waals surface area contributed by atoms with Crippen LogP contribution in [-0.2, 0) is 14.4 Å². The lowest BCUT2D eigenvalue weighted by Crippen LogP contribution is -2.38. The molecule has 0 amide bonds. The number of hydrogen-bond acceptors (Lipinski definition) is 9. The zero-order valence-corrected chi connectivity index (χ0v) is 18.9. The predicted molar refractivity (Wildman–Crippen MR) is 117 cm³/mol. The molecule has 0 bridgehead atoms. The van der Waals surface area contributed by atoms with Gasteiger partial charge in [0.25, 0.3) is 0 Å². The number of rotatable bonds is 6. The van der Waals surface area contributed by atoms with Gasteiger partial charge in [-0.1, -0.05) is 5.16 Å². The third-order valence-electron chi connectivity index (χ3n) is 6.39. The zero-order chi connectivity index (χ0) is 23.1. The van der Waals surface area contributed by atoms with Crippen molar-refractivity contribution in [1.29, 1.82) is 0 Å². The fraction of sp³-hybridized carbons (Fsp3) is 0.417. The van der Waals surface area contributed by atoms with Crippen LogP contribution in [0.5, 0.6) is 28.7 Å². The third-order valence-corrected chi connectivity index (χ3v) is 6.39. The molecule has 0 fully saturated rings. The van der Waals surface area contributed by atoms with Gasteiger partial charge < -0.3 is 33.3 Å². The summed E-state index contributed by atoms with van der Waals surface area (Å²) in [4.78, 5) is 17.2. The van der Waals surface area contributed by atoms with Crippen LogP contribution in [0.25, 0.3) is 0 Å². The fourth-order valence-corrected chi connectivity index (χ4v) is 4.94. The Hall–Kier alpha value is -3.62. The van der Waals surface area contributed by atoms with Crippen molar-refractivity contribution in [2.24, 2.45) is 17.0 Å². The molecule has 0 aromatic heterocycles. The number of fused-ring (bicyclic) bond motifs is 4. The van der Waals surface area contributed by atoms with E-state index in [4.69, 9.17) is 33.3 Å². The van der Waals surface area contributed by atoms with Gasteiger partial charge in [-0.3, -0.25) is 4.79 Å². The van der Waals surface area contributed by atoms with E-state index in [0.717, 1.165) is 22.4 Å². The van der Waals surface area contributed by atoms with E-state index in [1.165, 1.54) is 6.92 Å². The van der Waals surface area contributed by atoms with Crippen LogP contribution in [-0.4, -0.2) is 53.0 Å². The lowest BCUT2D eigenvalue weighted by atomic mass is 9.66. The summed E-state index contributed by atoms with van der Waals surface area (Å²) in [6.07, 6.45) is 0. The van der Waals surface area contributed by atoms with Crippen LogP contribution >= 0.6 is 0 Å². The summed E-state index contributed by atoms with van der Waals surface area (Å²) >= 11 is 0. The van der Waals surface area contributed by atoms with Crippen LogP contribution in [0.15, 0.2) is 29.4 Å². The first-order chi connectivity index (χ1) is 16.0. The van der Waals surface area contributed by atoms with Crippen LogP contribution in [0.4, 0.5) is 0 Å². The molecule has 3 atom stereocenters. The van der Waals surface area contributed by atoms with E-state index in [0.29, 0.717) is 35.4 Å². The minimum Gasteiger partial charge on any atom is -0.493 e. The number of oxime groups is 1. The second-order valence-corrected chi connectivity index (χ2v) is 8.07. The first-order valence-corrected chi connectivity index (χ1v) is 10.6. The average Bonchev–Trinajstić information content (AvgIpc) is 3.49. The van der Waals surface area contributed by atoms with Gasteiger partial charge in [0.1, 0.15) is 6.61 Å². The quantitative estimate of drug-likeness (QED) is 0.614. The average molecular weight is 455 g/mol. The Bertz CT molecular complexity index is 1100. The van der Waals surface area contributed by atoms with Gasteiger partial charge in [-0.15, -0.1) is 0 Å². The molecule has 1 aliphatic carbocycles. The van der Waals surface area contributed by atoms with Gasteiger partial charge in [0.05, 0.1) is 33.6 Å². The molecule has 2 aliphatic heterocycles. The van der Waals surface area contributed by atoms with Crippen molar-refractivity contribution in [3.05, 3.63) is 41.0 Å².